The van der Waals surface area contributed by atoms with Gasteiger partial charge in [0.05, 0.1) is 18.8 Å². The van der Waals surface area contributed by atoms with Gasteiger partial charge in [0.2, 0.25) is 5.91 Å². The number of carbonyl (C=O) groups is 1. The Kier molecular flexibility index (Phi) is 7.41. The first kappa shape index (κ1) is 17.7. The molecular weight excluding hydrogens is 271 g/mol. The summed E-state index contributed by atoms with van der Waals surface area (Å²) in [5, 5.41) is 2.48. The minimum Gasteiger partial charge on any atom is -0.497 e. The summed E-state index contributed by atoms with van der Waals surface area (Å²) in [6, 6.07) is 3.50. The third-order valence-electron chi connectivity index (χ3n) is 2.99. The summed E-state index contributed by atoms with van der Waals surface area (Å²) in [5.74, 6) is -0.389. The molecule has 1 aromatic carbocycles. The van der Waals surface area contributed by atoms with Crippen molar-refractivity contribution < 1.29 is 13.9 Å². The van der Waals surface area contributed by atoms with E-state index in [4.69, 9.17) is 10.5 Å². The van der Waals surface area contributed by atoms with Crippen LogP contribution in [0, 0.1) is 11.7 Å². The first-order valence-corrected chi connectivity index (χ1v) is 5.89. The van der Waals surface area contributed by atoms with E-state index < -0.39 is 17.8 Å². The zero-order valence-electron chi connectivity index (χ0n) is 11.3. The lowest BCUT2D eigenvalue weighted by molar-refractivity contribution is -0.118. The fraction of sp³-hybridized carbons (Fsp3) is 0.462. The van der Waals surface area contributed by atoms with Crippen molar-refractivity contribution >= 4 is 24.0 Å². The number of benzene rings is 1. The van der Waals surface area contributed by atoms with Crippen molar-refractivity contribution in [1.29, 1.82) is 0 Å². The standard InChI is InChI=1S/C13H19FN2O2.ClH/c1-4-8(2)12(15)13(17)16-11-7-9(18-3)5-6-10(11)14;/h5-8,12H,4,15H2,1-3H3,(H,16,17);1H. The van der Waals surface area contributed by atoms with Gasteiger partial charge in [0.1, 0.15) is 11.6 Å². The molecule has 0 heterocycles. The second kappa shape index (κ2) is 7.96. The van der Waals surface area contributed by atoms with E-state index >= 15 is 0 Å². The summed E-state index contributed by atoms with van der Waals surface area (Å²) in [4.78, 5) is 11.8. The first-order chi connectivity index (χ1) is 8.49. The summed E-state index contributed by atoms with van der Waals surface area (Å²) in [6.45, 7) is 3.83. The zero-order valence-corrected chi connectivity index (χ0v) is 12.1. The van der Waals surface area contributed by atoms with E-state index in [0.29, 0.717) is 5.75 Å². The average molecular weight is 291 g/mol. The Labute approximate surface area is 118 Å². The Morgan fingerprint density at radius 3 is 2.68 bits per heavy atom. The highest BCUT2D eigenvalue weighted by molar-refractivity contribution is 5.95. The highest BCUT2D eigenvalue weighted by Crippen LogP contribution is 2.21. The third kappa shape index (κ3) is 4.69. The van der Waals surface area contributed by atoms with Gasteiger partial charge in [0, 0.05) is 6.07 Å². The number of amides is 1. The number of halogens is 2. The molecule has 0 bridgehead atoms. The van der Waals surface area contributed by atoms with Gasteiger partial charge in [-0.15, -0.1) is 12.4 Å². The molecule has 0 radical (unpaired) electrons. The van der Waals surface area contributed by atoms with Crippen LogP contribution in [0.25, 0.3) is 0 Å². The molecule has 2 atom stereocenters. The number of methoxy groups -OCH3 is 1. The Bertz CT molecular complexity index is 429. The number of anilines is 1. The van der Waals surface area contributed by atoms with Crippen molar-refractivity contribution in [3.63, 3.8) is 0 Å². The third-order valence-corrected chi connectivity index (χ3v) is 2.99. The molecular formula is C13H20ClFN2O2. The van der Waals surface area contributed by atoms with Gasteiger partial charge < -0.3 is 15.8 Å². The predicted octanol–water partition coefficient (Wildman–Crippen LogP) is 2.57. The molecule has 0 aromatic heterocycles. The van der Waals surface area contributed by atoms with Crippen LogP contribution in [0.1, 0.15) is 20.3 Å². The SMILES string of the molecule is CCC(C)C(N)C(=O)Nc1cc(OC)ccc1F.Cl. The fourth-order valence-corrected chi connectivity index (χ4v) is 1.46. The summed E-state index contributed by atoms with van der Waals surface area (Å²) >= 11 is 0. The van der Waals surface area contributed by atoms with E-state index in [1.54, 1.807) is 0 Å². The monoisotopic (exact) mass is 290 g/mol. The first-order valence-electron chi connectivity index (χ1n) is 5.89. The summed E-state index contributed by atoms with van der Waals surface area (Å²) in [7, 11) is 1.48. The quantitative estimate of drug-likeness (QED) is 0.876. The zero-order chi connectivity index (χ0) is 13.7. The number of nitrogens with two attached hydrogens (primary N) is 1. The lowest BCUT2D eigenvalue weighted by Gasteiger charge is -2.18. The summed E-state index contributed by atoms with van der Waals surface area (Å²) < 4.78 is 18.5. The molecule has 108 valence electrons. The van der Waals surface area contributed by atoms with Crippen LogP contribution in [-0.2, 0) is 4.79 Å². The molecule has 1 aromatic rings. The van der Waals surface area contributed by atoms with Gasteiger partial charge >= 0.3 is 0 Å². The van der Waals surface area contributed by atoms with E-state index in [1.807, 2.05) is 13.8 Å². The molecule has 3 N–H and O–H groups in total. The van der Waals surface area contributed by atoms with Gasteiger partial charge in [-0.1, -0.05) is 20.3 Å². The molecule has 0 fully saturated rings. The van der Waals surface area contributed by atoms with Crippen LogP contribution in [0.15, 0.2) is 18.2 Å². The molecule has 0 spiro atoms. The molecule has 4 nitrogen and oxygen atoms in total. The van der Waals surface area contributed by atoms with Crippen molar-refractivity contribution in [3.05, 3.63) is 24.0 Å². The molecule has 19 heavy (non-hydrogen) atoms. The van der Waals surface area contributed by atoms with E-state index in [-0.39, 0.29) is 24.0 Å². The number of hydrogen-bond donors (Lipinski definition) is 2. The van der Waals surface area contributed by atoms with Crippen LogP contribution in [0.5, 0.6) is 5.75 Å². The van der Waals surface area contributed by atoms with Crippen LogP contribution in [0.3, 0.4) is 0 Å². The van der Waals surface area contributed by atoms with Crippen LogP contribution >= 0.6 is 12.4 Å². The van der Waals surface area contributed by atoms with Gasteiger partial charge in [-0.25, -0.2) is 4.39 Å². The summed E-state index contributed by atoms with van der Waals surface area (Å²) in [5.41, 5.74) is 5.86. The second-order valence-corrected chi connectivity index (χ2v) is 4.25. The maximum absolute atomic E-state index is 13.5. The number of rotatable bonds is 5. The van der Waals surface area contributed by atoms with E-state index in [9.17, 15) is 9.18 Å². The lowest BCUT2D eigenvalue weighted by atomic mass is 9.99. The van der Waals surface area contributed by atoms with Crippen LogP contribution < -0.4 is 15.8 Å². The Balaban J connectivity index is 0.00000324. The normalized spacial score (nSPS) is 13.1. The largest absolute Gasteiger partial charge is 0.497 e. The molecule has 0 saturated heterocycles. The number of carbonyl (C=O) groups excluding carboxylic acids is 1. The van der Waals surface area contributed by atoms with Crippen molar-refractivity contribution in [2.45, 2.75) is 26.3 Å². The number of hydrogen-bond acceptors (Lipinski definition) is 3. The van der Waals surface area contributed by atoms with E-state index in [0.717, 1.165) is 6.42 Å². The van der Waals surface area contributed by atoms with Crippen LogP contribution in [0.2, 0.25) is 0 Å². The fourth-order valence-electron chi connectivity index (χ4n) is 1.46. The van der Waals surface area contributed by atoms with Crippen molar-refractivity contribution in [3.8, 4) is 5.75 Å². The lowest BCUT2D eigenvalue weighted by Crippen LogP contribution is -2.40. The highest BCUT2D eigenvalue weighted by atomic mass is 35.5. The highest BCUT2D eigenvalue weighted by Gasteiger charge is 2.20. The summed E-state index contributed by atoms with van der Waals surface area (Å²) in [6.07, 6.45) is 0.787. The molecule has 0 saturated carbocycles. The molecule has 0 aliphatic rings. The Morgan fingerprint density at radius 2 is 2.16 bits per heavy atom. The molecule has 0 aliphatic carbocycles. The van der Waals surface area contributed by atoms with Gasteiger partial charge in [-0.2, -0.15) is 0 Å². The van der Waals surface area contributed by atoms with Gasteiger partial charge in [0.25, 0.3) is 0 Å². The molecule has 6 heteroatoms. The van der Waals surface area contributed by atoms with Gasteiger partial charge in [-0.05, 0) is 18.1 Å². The minimum atomic E-state index is -0.652. The maximum Gasteiger partial charge on any atom is 0.241 e. The maximum atomic E-state index is 13.5. The smallest absolute Gasteiger partial charge is 0.241 e. The van der Waals surface area contributed by atoms with E-state index in [2.05, 4.69) is 5.32 Å². The van der Waals surface area contributed by atoms with Gasteiger partial charge in [-0.3, -0.25) is 4.79 Å². The number of ether oxygens (including phenoxy) is 1. The van der Waals surface area contributed by atoms with Crippen molar-refractivity contribution in [1.82, 2.24) is 0 Å². The van der Waals surface area contributed by atoms with Gasteiger partial charge in [0.15, 0.2) is 0 Å². The second-order valence-electron chi connectivity index (χ2n) is 4.25. The number of nitrogens with one attached hydrogen (secondary N) is 1. The topological polar surface area (TPSA) is 64.4 Å². The van der Waals surface area contributed by atoms with Crippen molar-refractivity contribution in [2.24, 2.45) is 11.7 Å². The molecule has 2 unspecified atom stereocenters. The van der Waals surface area contributed by atoms with Crippen LogP contribution in [-0.4, -0.2) is 19.1 Å². The van der Waals surface area contributed by atoms with E-state index in [1.165, 1.54) is 25.3 Å². The van der Waals surface area contributed by atoms with Crippen LogP contribution in [0.4, 0.5) is 10.1 Å². The Morgan fingerprint density at radius 1 is 1.53 bits per heavy atom. The molecule has 1 amide bonds. The molecule has 0 aliphatic heterocycles. The minimum absolute atomic E-state index is 0. The molecule has 1 rings (SSSR count). The van der Waals surface area contributed by atoms with Crippen molar-refractivity contribution in [2.75, 3.05) is 12.4 Å². The average Bonchev–Trinajstić information content (AvgIpc) is 2.39. The Hall–Kier alpha value is -1.33. The predicted molar refractivity (Wildman–Crippen MR) is 76.3 cm³/mol.